The van der Waals surface area contributed by atoms with Crippen LogP contribution in [0.2, 0.25) is 0 Å². The molecule has 0 bridgehead atoms. The molecule has 2 fully saturated rings. The van der Waals surface area contributed by atoms with Crippen molar-refractivity contribution in [3.05, 3.63) is 0 Å². The number of rotatable bonds is 3. The van der Waals surface area contributed by atoms with Gasteiger partial charge in [-0.3, -0.25) is 4.79 Å². The molecule has 0 aliphatic carbocycles. The zero-order chi connectivity index (χ0) is 10.7. The first kappa shape index (κ1) is 10.9. The lowest BCUT2D eigenvalue weighted by Crippen LogP contribution is -2.41. The van der Waals surface area contributed by atoms with Gasteiger partial charge in [0.15, 0.2) is 0 Å². The third kappa shape index (κ3) is 2.69. The van der Waals surface area contributed by atoms with E-state index in [2.05, 4.69) is 5.32 Å². The van der Waals surface area contributed by atoms with Crippen molar-refractivity contribution in [1.29, 1.82) is 0 Å². The van der Waals surface area contributed by atoms with Crippen LogP contribution in [0.25, 0.3) is 0 Å². The highest BCUT2D eigenvalue weighted by atomic mass is 16.5. The highest BCUT2D eigenvalue weighted by Crippen LogP contribution is 2.13. The van der Waals surface area contributed by atoms with Crippen molar-refractivity contribution in [3.63, 3.8) is 0 Å². The summed E-state index contributed by atoms with van der Waals surface area (Å²) in [7, 11) is 0. The minimum absolute atomic E-state index is 0.280. The second-order valence-electron chi connectivity index (χ2n) is 4.41. The molecule has 2 aliphatic rings. The summed E-state index contributed by atoms with van der Waals surface area (Å²) >= 11 is 0. The van der Waals surface area contributed by atoms with E-state index in [-0.39, 0.29) is 5.91 Å². The second-order valence-corrected chi connectivity index (χ2v) is 4.41. The summed E-state index contributed by atoms with van der Waals surface area (Å²) in [5.74, 6) is 0.280. The van der Waals surface area contributed by atoms with Gasteiger partial charge in [-0.15, -0.1) is 0 Å². The fraction of sp³-hybridized carbons (Fsp3) is 0.909. The van der Waals surface area contributed by atoms with Crippen LogP contribution in [-0.2, 0) is 9.53 Å². The fourth-order valence-electron chi connectivity index (χ4n) is 2.35. The zero-order valence-corrected chi connectivity index (χ0v) is 9.37. The number of ether oxygens (including phenoxy) is 1. The van der Waals surface area contributed by atoms with E-state index in [9.17, 15) is 4.79 Å². The summed E-state index contributed by atoms with van der Waals surface area (Å²) in [6.07, 6.45) is 2.82. The van der Waals surface area contributed by atoms with Crippen LogP contribution in [0, 0.1) is 0 Å². The summed E-state index contributed by atoms with van der Waals surface area (Å²) in [6, 6.07) is 0.985. The first-order valence-corrected chi connectivity index (χ1v) is 5.91. The molecular formula is C11H20N2O2. The van der Waals surface area contributed by atoms with Gasteiger partial charge in [0.25, 0.3) is 0 Å². The molecule has 4 nitrogen and oxygen atoms in total. The molecular weight excluding hydrogens is 192 g/mol. The SMILES string of the molecule is CCC(=O)N1CCC(NC2CCOC2)C1. The van der Waals surface area contributed by atoms with Crippen molar-refractivity contribution >= 4 is 5.91 Å². The molecule has 2 heterocycles. The third-order valence-corrected chi connectivity index (χ3v) is 3.24. The van der Waals surface area contributed by atoms with Crippen molar-refractivity contribution in [1.82, 2.24) is 10.2 Å². The van der Waals surface area contributed by atoms with Crippen LogP contribution in [0.15, 0.2) is 0 Å². The Morgan fingerprint density at radius 1 is 1.47 bits per heavy atom. The molecule has 1 N–H and O–H groups in total. The Morgan fingerprint density at radius 3 is 3.00 bits per heavy atom. The van der Waals surface area contributed by atoms with Crippen molar-refractivity contribution in [2.75, 3.05) is 26.3 Å². The monoisotopic (exact) mass is 212 g/mol. The third-order valence-electron chi connectivity index (χ3n) is 3.24. The number of likely N-dealkylation sites (tertiary alicyclic amines) is 1. The maximum Gasteiger partial charge on any atom is 0.222 e. The fourth-order valence-corrected chi connectivity index (χ4v) is 2.35. The van der Waals surface area contributed by atoms with Gasteiger partial charge >= 0.3 is 0 Å². The summed E-state index contributed by atoms with van der Waals surface area (Å²) in [5.41, 5.74) is 0. The normalized spacial score (nSPS) is 31.1. The molecule has 2 rings (SSSR count). The van der Waals surface area contributed by atoms with E-state index in [0.717, 1.165) is 39.1 Å². The van der Waals surface area contributed by atoms with Crippen LogP contribution >= 0.6 is 0 Å². The van der Waals surface area contributed by atoms with Gasteiger partial charge in [-0.05, 0) is 12.8 Å². The average Bonchev–Trinajstić information content (AvgIpc) is 2.88. The molecule has 0 aromatic rings. The van der Waals surface area contributed by atoms with Gasteiger partial charge < -0.3 is 15.0 Å². The Labute approximate surface area is 91.0 Å². The molecule has 2 saturated heterocycles. The zero-order valence-electron chi connectivity index (χ0n) is 9.37. The Balaban J connectivity index is 1.74. The molecule has 1 amide bonds. The summed E-state index contributed by atoms with van der Waals surface area (Å²) in [6.45, 7) is 5.43. The molecule has 0 spiro atoms. The van der Waals surface area contributed by atoms with E-state index in [0.29, 0.717) is 18.5 Å². The van der Waals surface area contributed by atoms with Crippen LogP contribution in [0.4, 0.5) is 0 Å². The number of carbonyl (C=O) groups is 1. The first-order chi connectivity index (χ1) is 7.29. The lowest BCUT2D eigenvalue weighted by atomic mass is 10.2. The predicted molar refractivity (Wildman–Crippen MR) is 57.6 cm³/mol. The maximum atomic E-state index is 11.5. The van der Waals surface area contributed by atoms with Crippen LogP contribution in [0.3, 0.4) is 0 Å². The van der Waals surface area contributed by atoms with Crippen molar-refractivity contribution in [2.45, 2.75) is 38.3 Å². The second kappa shape index (κ2) is 4.94. The molecule has 4 heteroatoms. The summed E-state index contributed by atoms with van der Waals surface area (Å²) in [4.78, 5) is 13.4. The maximum absolute atomic E-state index is 11.5. The van der Waals surface area contributed by atoms with E-state index >= 15 is 0 Å². The van der Waals surface area contributed by atoms with Gasteiger partial charge in [-0.25, -0.2) is 0 Å². The number of hydrogen-bond acceptors (Lipinski definition) is 3. The van der Waals surface area contributed by atoms with Crippen LogP contribution < -0.4 is 5.32 Å². The lowest BCUT2D eigenvalue weighted by molar-refractivity contribution is -0.129. The molecule has 0 radical (unpaired) electrons. The molecule has 15 heavy (non-hydrogen) atoms. The Kier molecular flexibility index (Phi) is 3.59. The topological polar surface area (TPSA) is 41.6 Å². The first-order valence-electron chi connectivity index (χ1n) is 5.91. The number of nitrogens with one attached hydrogen (secondary N) is 1. The van der Waals surface area contributed by atoms with Gasteiger partial charge in [-0.1, -0.05) is 6.92 Å². The van der Waals surface area contributed by atoms with Crippen molar-refractivity contribution in [3.8, 4) is 0 Å². The molecule has 2 unspecified atom stereocenters. The van der Waals surface area contributed by atoms with Gasteiger partial charge in [0.05, 0.1) is 6.61 Å². The summed E-state index contributed by atoms with van der Waals surface area (Å²) < 4.78 is 5.32. The van der Waals surface area contributed by atoms with Gasteiger partial charge in [0, 0.05) is 38.2 Å². The summed E-state index contributed by atoms with van der Waals surface area (Å²) in [5, 5.41) is 3.57. The number of hydrogen-bond donors (Lipinski definition) is 1. The number of amides is 1. The van der Waals surface area contributed by atoms with E-state index in [4.69, 9.17) is 4.74 Å². The lowest BCUT2D eigenvalue weighted by Gasteiger charge is -2.18. The van der Waals surface area contributed by atoms with Crippen molar-refractivity contribution < 1.29 is 9.53 Å². The minimum atomic E-state index is 0.280. The van der Waals surface area contributed by atoms with Gasteiger partial charge in [0.1, 0.15) is 0 Å². The van der Waals surface area contributed by atoms with Crippen LogP contribution in [0.5, 0.6) is 0 Å². The minimum Gasteiger partial charge on any atom is -0.380 e. The van der Waals surface area contributed by atoms with Crippen molar-refractivity contribution in [2.24, 2.45) is 0 Å². The van der Waals surface area contributed by atoms with E-state index < -0.39 is 0 Å². The molecule has 2 aliphatic heterocycles. The highest BCUT2D eigenvalue weighted by molar-refractivity contribution is 5.76. The highest BCUT2D eigenvalue weighted by Gasteiger charge is 2.27. The average molecular weight is 212 g/mol. The molecule has 0 aromatic carbocycles. The Morgan fingerprint density at radius 2 is 2.33 bits per heavy atom. The standard InChI is InChI=1S/C11H20N2O2/c1-2-11(14)13-5-3-9(7-13)12-10-4-6-15-8-10/h9-10,12H,2-8H2,1H3. The molecule has 86 valence electrons. The largest absolute Gasteiger partial charge is 0.380 e. The quantitative estimate of drug-likeness (QED) is 0.735. The Hall–Kier alpha value is -0.610. The smallest absolute Gasteiger partial charge is 0.222 e. The van der Waals surface area contributed by atoms with Crippen LogP contribution in [0.1, 0.15) is 26.2 Å². The molecule has 0 saturated carbocycles. The van der Waals surface area contributed by atoms with E-state index in [1.165, 1.54) is 0 Å². The molecule has 0 aromatic heterocycles. The van der Waals surface area contributed by atoms with Crippen LogP contribution in [-0.4, -0.2) is 49.2 Å². The van der Waals surface area contributed by atoms with E-state index in [1.807, 2.05) is 11.8 Å². The van der Waals surface area contributed by atoms with Gasteiger partial charge in [-0.2, -0.15) is 0 Å². The number of carbonyl (C=O) groups excluding carboxylic acids is 1. The number of nitrogens with zero attached hydrogens (tertiary/aromatic N) is 1. The predicted octanol–water partition coefficient (Wildman–Crippen LogP) is 0.376. The van der Waals surface area contributed by atoms with E-state index in [1.54, 1.807) is 0 Å². The molecule has 2 atom stereocenters. The Bertz CT molecular complexity index is 227. The van der Waals surface area contributed by atoms with Gasteiger partial charge in [0.2, 0.25) is 5.91 Å².